The molecule has 0 amide bonds. The number of aromatic nitrogens is 3. The van der Waals surface area contributed by atoms with Gasteiger partial charge in [-0.15, -0.1) is 0 Å². The van der Waals surface area contributed by atoms with Crippen LogP contribution in [-0.4, -0.2) is 15.0 Å². The minimum absolute atomic E-state index is 0.452. The Balaban J connectivity index is 2.45. The minimum Gasteiger partial charge on any atom is -0.252 e. The van der Waals surface area contributed by atoms with E-state index in [2.05, 4.69) is 44.7 Å². The highest BCUT2D eigenvalue weighted by Crippen LogP contribution is 2.24. The van der Waals surface area contributed by atoms with Gasteiger partial charge in [-0.3, -0.25) is 4.98 Å². The highest BCUT2D eigenvalue weighted by molar-refractivity contribution is 9.10. The molecule has 0 saturated carbocycles. The highest BCUT2D eigenvalue weighted by atomic mass is 79.9. The van der Waals surface area contributed by atoms with Crippen molar-refractivity contribution < 1.29 is 0 Å². The van der Waals surface area contributed by atoms with Gasteiger partial charge in [-0.25, -0.2) is 9.97 Å². The van der Waals surface area contributed by atoms with Crippen LogP contribution >= 0.6 is 27.5 Å². The van der Waals surface area contributed by atoms with Crippen LogP contribution in [0.1, 0.15) is 19.5 Å². The molecule has 2 aromatic heterocycles. The van der Waals surface area contributed by atoms with E-state index in [-0.39, 0.29) is 0 Å². The van der Waals surface area contributed by atoms with E-state index in [1.165, 1.54) is 0 Å². The molecule has 0 bridgehead atoms. The van der Waals surface area contributed by atoms with Crippen molar-refractivity contribution in [2.45, 2.75) is 20.3 Å². The fourth-order valence-electron chi connectivity index (χ4n) is 1.64. The van der Waals surface area contributed by atoms with Crippen molar-refractivity contribution in [3.8, 4) is 11.5 Å². The van der Waals surface area contributed by atoms with Crippen LogP contribution in [0.3, 0.4) is 0 Å². The lowest BCUT2D eigenvalue weighted by Gasteiger charge is -2.07. The average Bonchev–Trinajstić information content (AvgIpc) is 2.27. The summed E-state index contributed by atoms with van der Waals surface area (Å²) in [4.78, 5) is 13.0. The predicted octanol–water partition coefficient (Wildman–Crippen LogP) is 4.15. The van der Waals surface area contributed by atoms with Crippen molar-refractivity contribution in [1.29, 1.82) is 0 Å². The Kier molecular flexibility index (Phi) is 4.30. The Morgan fingerprint density at radius 2 is 2.11 bits per heavy atom. The number of halogens is 2. The Bertz CT molecular complexity index is 558. The first-order valence-corrected chi connectivity index (χ1v) is 6.87. The first kappa shape index (κ1) is 13.4. The second kappa shape index (κ2) is 5.76. The smallest absolute Gasteiger partial charge is 0.180 e. The zero-order valence-electron chi connectivity index (χ0n) is 10.2. The summed E-state index contributed by atoms with van der Waals surface area (Å²) in [6.45, 7) is 4.29. The summed E-state index contributed by atoms with van der Waals surface area (Å²) in [5, 5.41) is 0.452. The normalized spacial score (nSPS) is 10.9. The van der Waals surface area contributed by atoms with Gasteiger partial charge in [-0.05, 0) is 46.5 Å². The van der Waals surface area contributed by atoms with Crippen molar-refractivity contribution in [3.63, 3.8) is 0 Å². The third-order valence-corrected chi connectivity index (χ3v) is 3.17. The Morgan fingerprint density at radius 3 is 2.78 bits per heavy atom. The summed E-state index contributed by atoms with van der Waals surface area (Å²) in [6.07, 6.45) is 2.59. The van der Waals surface area contributed by atoms with Crippen molar-refractivity contribution in [1.82, 2.24) is 15.0 Å². The van der Waals surface area contributed by atoms with Gasteiger partial charge in [0.25, 0.3) is 0 Å². The maximum absolute atomic E-state index is 6.04. The van der Waals surface area contributed by atoms with Crippen LogP contribution in [0.5, 0.6) is 0 Å². The molecule has 2 aromatic rings. The fraction of sp³-hybridized carbons (Fsp3) is 0.308. The lowest BCUT2D eigenvalue weighted by molar-refractivity contribution is 0.634. The first-order chi connectivity index (χ1) is 8.56. The molecule has 0 spiro atoms. The summed E-state index contributed by atoms with van der Waals surface area (Å²) in [7, 11) is 0. The molecule has 0 aromatic carbocycles. The largest absolute Gasteiger partial charge is 0.252 e. The van der Waals surface area contributed by atoms with E-state index in [1.807, 2.05) is 18.2 Å². The summed E-state index contributed by atoms with van der Waals surface area (Å²) in [6, 6.07) is 5.57. The van der Waals surface area contributed by atoms with Crippen LogP contribution in [0, 0.1) is 5.92 Å². The van der Waals surface area contributed by atoms with Gasteiger partial charge in [0.1, 0.15) is 10.8 Å². The molecule has 0 saturated heterocycles. The van der Waals surface area contributed by atoms with Crippen LogP contribution in [0.2, 0.25) is 5.15 Å². The molecule has 94 valence electrons. The van der Waals surface area contributed by atoms with E-state index in [4.69, 9.17) is 11.6 Å². The number of hydrogen-bond acceptors (Lipinski definition) is 3. The average molecular weight is 327 g/mol. The van der Waals surface area contributed by atoms with E-state index in [0.29, 0.717) is 22.6 Å². The Hall–Kier alpha value is -1.000. The quantitative estimate of drug-likeness (QED) is 0.795. The standard InChI is InChI=1S/C13H13BrClN3/c1-8(2)6-9-7-11(15)18-13(17-9)12-10(14)4-3-5-16-12/h3-5,7-8H,6H2,1-2H3. The number of pyridine rings is 1. The van der Waals surface area contributed by atoms with Gasteiger partial charge in [0.15, 0.2) is 5.82 Å². The molecule has 0 aliphatic heterocycles. The molecule has 2 heterocycles. The third kappa shape index (κ3) is 3.27. The van der Waals surface area contributed by atoms with Crippen molar-refractivity contribution in [3.05, 3.63) is 39.7 Å². The van der Waals surface area contributed by atoms with E-state index < -0.39 is 0 Å². The fourth-order valence-corrected chi connectivity index (χ4v) is 2.28. The summed E-state index contributed by atoms with van der Waals surface area (Å²) in [5.74, 6) is 1.08. The van der Waals surface area contributed by atoms with E-state index >= 15 is 0 Å². The van der Waals surface area contributed by atoms with E-state index in [1.54, 1.807) is 6.20 Å². The molecular weight excluding hydrogens is 314 g/mol. The van der Waals surface area contributed by atoms with Crippen LogP contribution in [0.25, 0.3) is 11.5 Å². The molecule has 0 aliphatic carbocycles. The lowest BCUT2D eigenvalue weighted by Crippen LogP contribution is -2.01. The van der Waals surface area contributed by atoms with Gasteiger partial charge < -0.3 is 0 Å². The van der Waals surface area contributed by atoms with Crippen LogP contribution in [0.15, 0.2) is 28.9 Å². The van der Waals surface area contributed by atoms with Crippen molar-refractivity contribution in [2.75, 3.05) is 0 Å². The van der Waals surface area contributed by atoms with Gasteiger partial charge in [0.05, 0.1) is 0 Å². The molecule has 0 atom stereocenters. The molecule has 0 fully saturated rings. The van der Waals surface area contributed by atoms with Crippen LogP contribution in [-0.2, 0) is 6.42 Å². The Morgan fingerprint density at radius 1 is 1.33 bits per heavy atom. The maximum Gasteiger partial charge on any atom is 0.180 e. The Labute approximate surface area is 120 Å². The molecular formula is C13H13BrClN3. The topological polar surface area (TPSA) is 38.7 Å². The van der Waals surface area contributed by atoms with Gasteiger partial charge in [0, 0.05) is 16.4 Å². The van der Waals surface area contributed by atoms with Gasteiger partial charge in [0.2, 0.25) is 0 Å². The summed E-state index contributed by atoms with van der Waals surface area (Å²) >= 11 is 9.49. The zero-order valence-corrected chi connectivity index (χ0v) is 12.5. The second-order valence-corrected chi connectivity index (χ2v) is 5.68. The number of rotatable bonds is 3. The van der Waals surface area contributed by atoms with Crippen molar-refractivity contribution in [2.24, 2.45) is 5.92 Å². The minimum atomic E-state index is 0.452. The molecule has 0 aliphatic rings. The maximum atomic E-state index is 6.04. The summed E-state index contributed by atoms with van der Waals surface area (Å²) in [5.41, 5.74) is 1.66. The first-order valence-electron chi connectivity index (χ1n) is 5.70. The molecule has 5 heteroatoms. The van der Waals surface area contributed by atoms with Gasteiger partial charge in [-0.1, -0.05) is 25.4 Å². The number of nitrogens with zero attached hydrogens (tertiary/aromatic N) is 3. The SMILES string of the molecule is CC(C)Cc1cc(Cl)nc(-c2ncccc2Br)n1. The lowest BCUT2D eigenvalue weighted by atomic mass is 10.1. The van der Waals surface area contributed by atoms with Crippen LogP contribution in [0.4, 0.5) is 0 Å². The molecule has 3 nitrogen and oxygen atoms in total. The monoisotopic (exact) mass is 325 g/mol. The molecule has 0 radical (unpaired) electrons. The molecule has 2 rings (SSSR count). The van der Waals surface area contributed by atoms with E-state index in [0.717, 1.165) is 16.6 Å². The highest BCUT2D eigenvalue weighted by Gasteiger charge is 2.11. The van der Waals surface area contributed by atoms with Crippen LogP contribution < -0.4 is 0 Å². The van der Waals surface area contributed by atoms with Gasteiger partial charge in [-0.2, -0.15) is 0 Å². The third-order valence-electron chi connectivity index (χ3n) is 2.34. The zero-order chi connectivity index (χ0) is 13.1. The van der Waals surface area contributed by atoms with Gasteiger partial charge >= 0.3 is 0 Å². The van der Waals surface area contributed by atoms with Crippen molar-refractivity contribution >= 4 is 27.5 Å². The number of hydrogen-bond donors (Lipinski definition) is 0. The second-order valence-electron chi connectivity index (χ2n) is 4.44. The molecule has 0 N–H and O–H groups in total. The predicted molar refractivity (Wildman–Crippen MR) is 76.5 cm³/mol. The molecule has 0 unspecified atom stereocenters. The summed E-state index contributed by atoms with van der Waals surface area (Å²) < 4.78 is 0.864. The van der Waals surface area contributed by atoms with E-state index in [9.17, 15) is 0 Å². The molecule has 18 heavy (non-hydrogen) atoms.